The van der Waals surface area contributed by atoms with E-state index >= 15 is 0 Å². The molecule has 0 atom stereocenters. The average Bonchev–Trinajstić information content (AvgIpc) is 3.42. The third kappa shape index (κ3) is 4.87. The molecule has 0 fully saturated rings. The van der Waals surface area contributed by atoms with Gasteiger partial charge >= 0.3 is 0 Å². The molecule has 1 aliphatic rings. The summed E-state index contributed by atoms with van der Waals surface area (Å²) < 4.78 is 12.7. The molecule has 29 heavy (non-hydrogen) atoms. The van der Waals surface area contributed by atoms with Crippen LogP contribution in [0.4, 0.5) is 0 Å². The number of guanidine groups is 1. The summed E-state index contributed by atoms with van der Waals surface area (Å²) in [7, 11) is 1.78. The maximum Gasteiger partial charge on any atom is 0.231 e. The summed E-state index contributed by atoms with van der Waals surface area (Å²) >= 11 is 0. The number of hydrogen-bond donors (Lipinski definition) is 2. The summed E-state index contributed by atoms with van der Waals surface area (Å²) in [6, 6.07) is 16.2. The van der Waals surface area contributed by atoms with Crippen LogP contribution in [-0.4, -0.2) is 42.7 Å². The van der Waals surface area contributed by atoms with Crippen LogP contribution in [0.5, 0.6) is 11.5 Å². The summed E-state index contributed by atoms with van der Waals surface area (Å²) in [5.41, 5.74) is 3.44. The number of ether oxygens (including phenoxy) is 2. The van der Waals surface area contributed by atoms with E-state index < -0.39 is 0 Å². The average molecular weight is 391 g/mol. The van der Waals surface area contributed by atoms with E-state index in [-0.39, 0.29) is 0 Å². The van der Waals surface area contributed by atoms with Crippen LogP contribution >= 0.6 is 0 Å². The third-order valence-electron chi connectivity index (χ3n) is 4.73. The number of nitrogens with one attached hydrogen (secondary N) is 2. The molecule has 1 aliphatic heterocycles. The fourth-order valence-corrected chi connectivity index (χ4v) is 3.18. The maximum atomic E-state index is 5.43. The molecule has 0 amide bonds. The fraction of sp³-hybridized carbons (Fsp3) is 0.273. The molecule has 7 heteroatoms. The largest absolute Gasteiger partial charge is 0.454 e. The van der Waals surface area contributed by atoms with Crippen molar-refractivity contribution >= 4 is 5.96 Å². The van der Waals surface area contributed by atoms with Crippen molar-refractivity contribution in [3.05, 3.63) is 72.1 Å². The minimum atomic E-state index is 0.303. The molecule has 0 spiro atoms. The Hall–Kier alpha value is -3.48. The van der Waals surface area contributed by atoms with Gasteiger partial charge in [0.1, 0.15) is 0 Å². The molecule has 0 saturated heterocycles. The first kappa shape index (κ1) is 18.9. The number of nitrogens with zero attached hydrogens (tertiary/aromatic N) is 3. The lowest BCUT2D eigenvalue weighted by atomic mass is 10.1. The molecule has 0 radical (unpaired) electrons. The van der Waals surface area contributed by atoms with Crippen molar-refractivity contribution in [1.82, 2.24) is 20.4 Å². The van der Waals surface area contributed by atoms with Crippen LogP contribution in [0, 0.1) is 0 Å². The number of benzene rings is 2. The Morgan fingerprint density at radius 3 is 2.55 bits per heavy atom. The van der Waals surface area contributed by atoms with Gasteiger partial charge in [-0.25, -0.2) is 4.68 Å². The predicted octanol–water partition coefficient (Wildman–Crippen LogP) is 2.55. The Kier molecular flexibility index (Phi) is 5.95. The topological polar surface area (TPSA) is 72.7 Å². The van der Waals surface area contributed by atoms with E-state index in [9.17, 15) is 0 Å². The van der Waals surface area contributed by atoms with Gasteiger partial charge in [-0.15, -0.1) is 0 Å². The minimum absolute atomic E-state index is 0.303. The third-order valence-corrected chi connectivity index (χ3v) is 4.73. The van der Waals surface area contributed by atoms with Gasteiger partial charge in [-0.2, -0.15) is 5.10 Å². The fourth-order valence-electron chi connectivity index (χ4n) is 3.18. The van der Waals surface area contributed by atoms with Crippen molar-refractivity contribution in [2.45, 2.75) is 12.8 Å². The van der Waals surface area contributed by atoms with E-state index in [0.29, 0.717) is 6.79 Å². The highest BCUT2D eigenvalue weighted by Crippen LogP contribution is 2.32. The lowest BCUT2D eigenvalue weighted by Gasteiger charge is -2.11. The van der Waals surface area contributed by atoms with Gasteiger partial charge in [0.25, 0.3) is 0 Å². The monoisotopic (exact) mass is 391 g/mol. The van der Waals surface area contributed by atoms with Crippen LogP contribution in [0.25, 0.3) is 5.69 Å². The first-order valence-corrected chi connectivity index (χ1v) is 9.74. The van der Waals surface area contributed by atoms with Crippen LogP contribution in [0.1, 0.15) is 11.1 Å². The Bertz CT molecular complexity index is 968. The van der Waals surface area contributed by atoms with Crippen LogP contribution < -0.4 is 20.1 Å². The maximum absolute atomic E-state index is 5.43. The second-order valence-corrected chi connectivity index (χ2v) is 6.74. The normalized spacial score (nSPS) is 12.8. The highest BCUT2D eigenvalue weighted by molar-refractivity contribution is 5.79. The molecule has 7 nitrogen and oxygen atoms in total. The van der Waals surface area contributed by atoms with Crippen LogP contribution in [0.3, 0.4) is 0 Å². The van der Waals surface area contributed by atoms with Crippen LogP contribution in [0.15, 0.2) is 65.9 Å². The first-order chi connectivity index (χ1) is 14.3. The van der Waals surface area contributed by atoms with Crippen LogP contribution in [-0.2, 0) is 12.8 Å². The van der Waals surface area contributed by atoms with Crippen molar-refractivity contribution in [3.63, 3.8) is 0 Å². The second-order valence-electron chi connectivity index (χ2n) is 6.74. The van der Waals surface area contributed by atoms with Gasteiger partial charge in [-0.1, -0.05) is 24.3 Å². The number of aliphatic imine (C=N–C) groups is 1. The summed E-state index contributed by atoms with van der Waals surface area (Å²) in [5, 5.41) is 11.1. The van der Waals surface area contributed by atoms with Gasteiger partial charge in [0.05, 0.1) is 11.9 Å². The van der Waals surface area contributed by atoms with E-state index in [1.165, 1.54) is 11.1 Å². The van der Waals surface area contributed by atoms with Gasteiger partial charge in [0, 0.05) is 26.3 Å². The van der Waals surface area contributed by atoms with Gasteiger partial charge in [-0.05, 0) is 48.2 Å². The molecule has 2 aromatic carbocycles. The molecular weight excluding hydrogens is 366 g/mol. The summed E-state index contributed by atoms with van der Waals surface area (Å²) in [5.74, 6) is 2.43. The highest BCUT2D eigenvalue weighted by atomic mass is 16.7. The molecule has 2 heterocycles. The number of fused-ring (bicyclic) bond motifs is 1. The predicted molar refractivity (Wildman–Crippen MR) is 113 cm³/mol. The summed E-state index contributed by atoms with van der Waals surface area (Å²) in [4.78, 5) is 4.29. The molecule has 0 unspecified atom stereocenters. The van der Waals surface area contributed by atoms with Crippen molar-refractivity contribution in [3.8, 4) is 17.2 Å². The van der Waals surface area contributed by atoms with E-state index in [0.717, 1.165) is 49.1 Å². The lowest BCUT2D eigenvalue weighted by Crippen LogP contribution is -2.39. The summed E-state index contributed by atoms with van der Waals surface area (Å²) in [6.07, 6.45) is 5.72. The van der Waals surface area contributed by atoms with Gasteiger partial charge in [0.15, 0.2) is 17.5 Å². The quantitative estimate of drug-likeness (QED) is 0.478. The lowest BCUT2D eigenvalue weighted by molar-refractivity contribution is 0.174. The van der Waals surface area contributed by atoms with Crippen molar-refractivity contribution in [1.29, 1.82) is 0 Å². The second kappa shape index (κ2) is 9.14. The standard InChI is InChI=1S/C22H25N5O2/c1-23-22(24-11-9-17-7-8-20-21(13-17)29-16-28-20)25-12-10-18-14-26-27(15-18)19-5-3-2-4-6-19/h2-8,13-15H,9-12,16H2,1H3,(H2,23,24,25). The Balaban J connectivity index is 1.20. The van der Waals surface area contributed by atoms with Gasteiger partial charge in [-0.3, -0.25) is 4.99 Å². The first-order valence-electron chi connectivity index (χ1n) is 9.74. The van der Waals surface area contributed by atoms with E-state index in [4.69, 9.17) is 9.47 Å². The molecule has 0 saturated carbocycles. The number of aromatic nitrogens is 2. The van der Waals surface area contributed by atoms with E-state index in [2.05, 4.69) is 33.0 Å². The Labute approximate surface area is 170 Å². The summed E-state index contributed by atoms with van der Waals surface area (Å²) in [6.45, 7) is 1.87. The highest BCUT2D eigenvalue weighted by Gasteiger charge is 2.13. The zero-order valence-electron chi connectivity index (χ0n) is 16.5. The molecule has 0 aliphatic carbocycles. The SMILES string of the molecule is CN=C(NCCc1ccc2c(c1)OCO2)NCCc1cnn(-c2ccccc2)c1. The van der Waals surface area contributed by atoms with E-state index in [1.54, 1.807) is 7.05 Å². The number of hydrogen-bond acceptors (Lipinski definition) is 4. The van der Waals surface area contributed by atoms with Gasteiger partial charge in [0.2, 0.25) is 6.79 Å². The van der Waals surface area contributed by atoms with Crippen LogP contribution in [0.2, 0.25) is 0 Å². The van der Waals surface area contributed by atoms with Crippen molar-refractivity contribution in [2.75, 3.05) is 26.9 Å². The van der Waals surface area contributed by atoms with Crippen molar-refractivity contribution in [2.24, 2.45) is 4.99 Å². The molecule has 150 valence electrons. The van der Waals surface area contributed by atoms with Crippen molar-refractivity contribution < 1.29 is 9.47 Å². The Morgan fingerprint density at radius 1 is 1.00 bits per heavy atom. The minimum Gasteiger partial charge on any atom is -0.454 e. The Morgan fingerprint density at radius 2 is 1.76 bits per heavy atom. The number of rotatable bonds is 7. The molecule has 0 bridgehead atoms. The molecule has 1 aromatic heterocycles. The molecule has 3 aromatic rings. The smallest absolute Gasteiger partial charge is 0.231 e. The van der Waals surface area contributed by atoms with E-state index in [1.807, 2.05) is 53.3 Å². The molecule has 2 N–H and O–H groups in total. The molecule has 4 rings (SSSR count). The number of para-hydroxylation sites is 1. The molecular formula is C22H25N5O2. The zero-order valence-corrected chi connectivity index (χ0v) is 16.5. The zero-order chi connectivity index (χ0) is 19.9. The van der Waals surface area contributed by atoms with Gasteiger partial charge < -0.3 is 20.1 Å².